The van der Waals surface area contributed by atoms with Gasteiger partial charge in [-0.05, 0) is 56.4 Å². The highest BCUT2D eigenvalue weighted by molar-refractivity contribution is 5.75. The SMILES string of the molecule is CC1(C)CCCN(CCNC(=O)CCCC2CCOCC2)C1. The number of nitrogens with one attached hydrogen (secondary N) is 1. The smallest absolute Gasteiger partial charge is 0.220 e. The summed E-state index contributed by atoms with van der Waals surface area (Å²) in [4.78, 5) is 14.4. The zero-order valence-electron chi connectivity index (χ0n) is 14.5. The Morgan fingerprint density at radius 1 is 1.32 bits per heavy atom. The van der Waals surface area contributed by atoms with Crippen molar-refractivity contribution in [3.63, 3.8) is 0 Å². The predicted octanol–water partition coefficient (Wildman–Crippen LogP) is 2.82. The largest absolute Gasteiger partial charge is 0.381 e. The molecule has 2 aliphatic heterocycles. The molecule has 0 radical (unpaired) electrons. The molecule has 0 aromatic heterocycles. The summed E-state index contributed by atoms with van der Waals surface area (Å²) in [6.45, 7) is 10.6. The van der Waals surface area contributed by atoms with E-state index < -0.39 is 0 Å². The Morgan fingerprint density at radius 3 is 2.82 bits per heavy atom. The van der Waals surface area contributed by atoms with Gasteiger partial charge in [0.15, 0.2) is 0 Å². The molecule has 1 N–H and O–H groups in total. The summed E-state index contributed by atoms with van der Waals surface area (Å²) in [7, 11) is 0. The number of piperidine rings is 1. The van der Waals surface area contributed by atoms with Crippen LogP contribution in [-0.2, 0) is 9.53 Å². The van der Waals surface area contributed by atoms with Gasteiger partial charge in [0.05, 0.1) is 0 Å². The maximum atomic E-state index is 11.9. The van der Waals surface area contributed by atoms with E-state index in [0.29, 0.717) is 11.8 Å². The molecule has 0 aromatic carbocycles. The van der Waals surface area contributed by atoms with Gasteiger partial charge in [-0.1, -0.05) is 13.8 Å². The lowest BCUT2D eigenvalue weighted by atomic mass is 9.84. The third kappa shape index (κ3) is 6.66. The lowest BCUT2D eigenvalue weighted by Crippen LogP contribution is -2.43. The summed E-state index contributed by atoms with van der Waals surface area (Å²) in [5.41, 5.74) is 0.436. The number of carbonyl (C=O) groups excluding carboxylic acids is 1. The molecule has 0 atom stereocenters. The summed E-state index contributed by atoms with van der Waals surface area (Å²) in [5.74, 6) is 1.00. The third-order valence-corrected chi connectivity index (χ3v) is 5.09. The average molecular weight is 310 g/mol. The van der Waals surface area contributed by atoms with Gasteiger partial charge in [0.2, 0.25) is 5.91 Å². The summed E-state index contributed by atoms with van der Waals surface area (Å²) in [6.07, 6.45) is 7.83. The van der Waals surface area contributed by atoms with Crippen molar-refractivity contribution in [3.8, 4) is 0 Å². The Labute approximate surface area is 136 Å². The van der Waals surface area contributed by atoms with E-state index in [9.17, 15) is 4.79 Å². The molecular weight excluding hydrogens is 276 g/mol. The van der Waals surface area contributed by atoms with Gasteiger partial charge in [0.1, 0.15) is 0 Å². The minimum absolute atomic E-state index is 0.225. The Morgan fingerprint density at radius 2 is 2.09 bits per heavy atom. The Bertz CT molecular complexity index is 338. The second-order valence-electron chi connectivity index (χ2n) is 7.84. The first-order chi connectivity index (χ1) is 10.6. The van der Waals surface area contributed by atoms with E-state index >= 15 is 0 Å². The second kappa shape index (κ2) is 8.88. The highest BCUT2D eigenvalue weighted by Crippen LogP contribution is 2.27. The molecule has 0 aromatic rings. The predicted molar refractivity (Wildman–Crippen MR) is 89.9 cm³/mol. The van der Waals surface area contributed by atoms with Crippen LogP contribution in [0.1, 0.15) is 58.8 Å². The Balaban J connectivity index is 1.50. The van der Waals surface area contributed by atoms with Crippen LogP contribution in [0.15, 0.2) is 0 Å². The van der Waals surface area contributed by atoms with E-state index in [0.717, 1.165) is 45.2 Å². The number of ether oxygens (including phenoxy) is 1. The molecule has 0 spiro atoms. The van der Waals surface area contributed by atoms with Crippen molar-refractivity contribution in [3.05, 3.63) is 0 Å². The van der Waals surface area contributed by atoms with Gasteiger partial charge >= 0.3 is 0 Å². The molecule has 4 nitrogen and oxygen atoms in total. The number of nitrogens with zero attached hydrogens (tertiary/aromatic N) is 1. The molecule has 0 aliphatic carbocycles. The zero-order valence-corrected chi connectivity index (χ0v) is 14.5. The minimum Gasteiger partial charge on any atom is -0.381 e. The molecule has 2 saturated heterocycles. The van der Waals surface area contributed by atoms with E-state index in [1.807, 2.05) is 0 Å². The number of rotatable bonds is 7. The van der Waals surface area contributed by atoms with Gasteiger partial charge in [0.25, 0.3) is 0 Å². The van der Waals surface area contributed by atoms with Crippen LogP contribution in [0.4, 0.5) is 0 Å². The zero-order chi connectivity index (χ0) is 15.8. The summed E-state index contributed by atoms with van der Waals surface area (Å²) in [6, 6.07) is 0. The average Bonchev–Trinajstić information content (AvgIpc) is 2.47. The molecule has 0 bridgehead atoms. The molecule has 0 saturated carbocycles. The van der Waals surface area contributed by atoms with Gasteiger partial charge < -0.3 is 15.0 Å². The topological polar surface area (TPSA) is 41.6 Å². The van der Waals surface area contributed by atoms with Gasteiger partial charge in [-0.25, -0.2) is 0 Å². The highest BCUT2D eigenvalue weighted by Gasteiger charge is 2.25. The normalized spacial score (nSPS) is 23.4. The molecule has 2 heterocycles. The van der Waals surface area contributed by atoms with Crippen molar-refractivity contribution in [1.29, 1.82) is 0 Å². The van der Waals surface area contributed by atoms with Crippen LogP contribution in [0, 0.1) is 11.3 Å². The van der Waals surface area contributed by atoms with Crippen molar-refractivity contribution < 1.29 is 9.53 Å². The fourth-order valence-corrected chi connectivity index (χ4v) is 3.76. The van der Waals surface area contributed by atoms with Crippen LogP contribution < -0.4 is 5.32 Å². The number of amides is 1. The van der Waals surface area contributed by atoms with Crippen LogP contribution >= 0.6 is 0 Å². The summed E-state index contributed by atoms with van der Waals surface area (Å²) in [5, 5.41) is 3.09. The van der Waals surface area contributed by atoms with Crippen molar-refractivity contribution in [2.45, 2.75) is 58.8 Å². The van der Waals surface area contributed by atoms with E-state index in [-0.39, 0.29) is 5.91 Å². The summed E-state index contributed by atoms with van der Waals surface area (Å²) >= 11 is 0. The number of hydrogen-bond donors (Lipinski definition) is 1. The lowest BCUT2D eigenvalue weighted by molar-refractivity contribution is -0.121. The van der Waals surface area contributed by atoms with Crippen molar-refractivity contribution in [2.75, 3.05) is 39.4 Å². The lowest BCUT2D eigenvalue weighted by Gasteiger charge is -2.38. The number of hydrogen-bond acceptors (Lipinski definition) is 3. The van der Waals surface area contributed by atoms with Crippen LogP contribution in [0.3, 0.4) is 0 Å². The molecule has 4 heteroatoms. The third-order valence-electron chi connectivity index (χ3n) is 5.09. The number of carbonyl (C=O) groups is 1. The molecular formula is C18H34N2O2. The molecule has 2 rings (SSSR count). The van der Waals surface area contributed by atoms with Crippen LogP contribution in [0.25, 0.3) is 0 Å². The highest BCUT2D eigenvalue weighted by atomic mass is 16.5. The molecule has 2 aliphatic rings. The van der Waals surface area contributed by atoms with Crippen LogP contribution in [-0.4, -0.2) is 50.2 Å². The quantitative estimate of drug-likeness (QED) is 0.786. The van der Waals surface area contributed by atoms with Crippen LogP contribution in [0.5, 0.6) is 0 Å². The minimum atomic E-state index is 0.225. The van der Waals surface area contributed by atoms with Gasteiger partial charge in [-0.15, -0.1) is 0 Å². The van der Waals surface area contributed by atoms with E-state index in [1.54, 1.807) is 0 Å². The van der Waals surface area contributed by atoms with Crippen molar-refractivity contribution in [2.24, 2.45) is 11.3 Å². The number of likely N-dealkylation sites (tertiary alicyclic amines) is 1. The summed E-state index contributed by atoms with van der Waals surface area (Å²) < 4.78 is 5.37. The first-order valence-corrected chi connectivity index (χ1v) is 9.12. The molecule has 128 valence electrons. The molecule has 22 heavy (non-hydrogen) atoms. The second-order valence-corrected chi connectivity index (χ2v) is 7.84. The molecule has 2 fully saturated rings. The first-order valence-electron chi connectivity index (χ1n) is 9.12. The van der Waals surface area contributed by atoms with Gasteiger partial charge in [-0.3, -0.25) is 4.79 Å². The van der Waals surface area contributed by atoms with E-state index in [4.69, 9.17) is 4.74 Å². The van der Waals surface area contributed by atoms with E-state index in [1.165, 1.54) is 38.6 Å². The molecule has 0 unspecified atom stereocenters. The van der Waals surface area contributed by atoms with Crippen molar-refractivity contribution >= 4 is 5.91 Å². The van der Waals surface area contributed by atoms with E-state index in [2.05, 4.69) is 24.1 Å². The monoisotopic (exact) mass is 310 g/mol. The maximum Gasteiger partial charge on any atom is 0.220 e. The maximum absolute atomic E-state index is 11.9. The Hall–Kier alpha value is -0.610. The fraction of sp³-hybridized carbons (Fsp3) is 0.944. The first kappa shape index (κ1) is 17.7. The van der Waals surface area contributed by atoms with Gasteiger partial charge in [-0.2, -0.15) is 0 Å². The van der Waals surface area contributed by atoms with Gasteiger partial charge in [0, 0.05) is 39.3 Å². The standard InChI is InChI=1S/C18H34N2O2/c1-18(2)9-4-11-20(15-18)12-10-19-17(21)6-3-5-16-7-13-22-14-8-16/h16H,3-15H2,1-2H3,(H,19,21). The van der Waals surface area contributed by atoms with Crippen LogP contribution in [0.2, 0.25) is 0 Å². The van der Waals surface area contributed by atoms with Crippen molar-refractivity contribution in [1.82, 2.24) is 10.2 Å². The molecule has 1 amide bonds. The Kier molecular flexibility index (Phi) is 7.16. The fourth-order valence-electron chi connectivity index (χ4n) is 3.76.